The van der Waals surface area contributed by atoms with Crippen molar-refractivity contribution in [1.82, 2.24) is 9.21 Å². The summed E-state index contributed by atoms with van der Waals surface area (Å²) in [6.07, 6.45) is 1.59. The van der Waals surface area contributed by atoms with Crippen LogP contribution >= 0.6 is 24.8 Å². The number of nitrogen functional groups attached to an aromatic ring is 1. The monoisotopic (exact) mass is 637 g/mol. The number of halogens is 2. The normalized spacial score (nSPS) is 13.5. The maximum absolute atomic E-state index is 13.6. The third kappa shape index (κ3) is 7.82. The van der Waals surface area contributed by atoms with E-state index in [1.54, 1.807) is 43.3 Å². The highest BCUT2D eigenvalue weighted by molar-refractivity contribution is 7.91. The molecule has 0 unspecified atom stereocenters. The number of amides is 1. The van der Waals surface area contributed by atoms with Crippen molar-refractivity contribution in [3.63, 3.8) is 0 Å². The maximum Gasteiger partial charge on any atom is 0.328 e. The summed E-state index contributed by atoms with van der Waals surface area (Å²) in [6.45, 7) is 2.79. The molecule has 3 aromatic carbocycles. The van der Waals surface area contributed by atoms with Crippen LogP contribution in [-0.4, -0.2) is 68.0 Å². The quantitative estimate of drug-likeness (QED) is 0.205. The Morgan fingerprint density at radius 3 is 2.19 bits per heavy atom. The first-order chi connectivity index (χ1) is 19.0. The van der Waals surface area contributed by atoms with E-state index in [-0.39, 0.29) is 43.3 Å². The van der Waals surface area contributed by atoms with Gasteiger partial charge in [-0.25, -0.2) is 8.61 Å². The summed E-state index contributed by atoms with van der Waals surface area (Å²) in [4.78, 5) is 14.3. The summed E-state index contributed by atoms with van der Waals surface area (Å²) < 4.78 is 35.2. The number of nitrogens with two attached hydrogens (primary N) is 2. The molecule has 0 saturated carbocycles. The van der Waals surface area contributed by atoms with Crippen LogP contribution in [0.15, 0.2) is 60.7 Å². The largest absolute Gasteiger partial charge is 0.490 e. The first kappa shape index (κ1) is 34.6. The smallest absolute Gasteiger partial charge is 0.328 e. The van der Waals surface area contributed by atoms with Crippen molar-refractivity contribution in [2.75, 3.05) is 31.0 Å². The molecule has 11 nitrogen and oxygen atoms in total. The summed E-state index contributed by atoms with van der Waals surface area (Å²) in [5.74, 6) is 0.366. The Morgan fingerprint density at radius 2 is 1.62 bits per heavy atom. The van der Waals surface area contributed by atoms with Gasteiger partial charge in [-0.1, -0.05) is 24.3 Å². The fourth-order valence-corrected chi connectivity index (χ4v) is 5.96. The molecule has 0 radical (unpaired) electrons. The molecule has 1 aliphatic rings. The molecular formula is C28H37Cl2N7O4S. The summed E-state index contributed by atoms with van der Waals surface area (Å²) in [5, 5.41) is 17.2. The van der Waals surface area contributed by atoms with Crippen LogP contribution in [0.5, 0.6) is 5.75 Å². The van der Waals surface area contributed by atoms with E-state index in [0.717, 1.165) is 41.0 Å². The number of hydrogen-bond donors (Lipinski definition) is 4. The molecule has 0 aliphatic carbocycles. The van der Waals surface area contributed by atoms with Crippen LogP contribution in [0.1, 0.15) is 30.9 Å². The van der Waals surface area contributed by atoms with Gasteiger partial charge in [0.1, 0.15) is 17.7 Å². The predicted molar refractivity (Wildman–Crippen MR) is 171 cm³/mol. The highest BCUT2D eigenvalue weighted by Gasteiger charge is 2.31. The van der Waals surface area contributed by atoms with E-state index < -0.39 is 22.7 Å². The highest BCUT2D eigenvalue weighted by Crippen LogP contribution is 2.28. The average Bonchev–Trinajstić information content (AvgIpc) is 2.95. The number of rotatable bonds is 9. The lowest BCUT2D eigenvalue weighted by Crippen LogP contribution is -2.46. The van der Waals surface area contributed by atoms with Crippen molar-refractivity contribution in [3.8, 4) is 5.75 Å². The van der Waals surface area contributed by atoms with Gasteiger partial charge in [0, 0.05) is 38.5 Å². The van der Waals surface area contributed by atoms with E-state index in [4.69, 9.17) is 27.0 Å². The number of amidine groups is 2. The number of likely N-dealkylation sites (N-methyl/N-ethyl adjacent to an activating group) is 1. The Morgan fingerprint density at radius 1 is 1.00 bits per heavy atom. The zero-order valence-electron chi connectivity index (χ0n) is 23.4. The van der Waals surface area contributed by atoms with E-state index in [2.05, 4.69) is 0 Å². The lowest BCUT2D eigenvalue weighted by atomic mass is 10.0. The molecule has 14 heteroatoms. The number of nitrogens with zero attached hydrogens (tertiary/aromatic N) is 3. The van der Waals surface area contributed by atoms with Crippen LogP contribution in [-0.2, 0) is 21.5 Å². The van der Waals surface area contributed by atoms with Gasteiger partial charge in [-0.05, 0) is 59.7 Å². The van der Waals surface area contributed by atoms with Crippen LogP contribution in [0, 0.1) is 10.8 Å². The standard InChI is InChI=1S/C28H35N7O4S.2ClH/c1-19(30)34-13-11-26(12-14-34)39-25-9-7-24(8-10-25)35(40(37,38)33(2)27(36)17-29)18-20-3-4-21-5-6-22(28(31)32)16-23(21)15-20;;/h3-10,15-16,26,30H,11-14,17-18,29H2,1-2H3,(H3,31,32);2*1H. The number of anilines is 1. The van der Waals surface area contributed by atoms with Gasteiger partial charge in [0.05, 0.1) is 24.6 Å². The van der Waals surface area contributed by atoms with Crippen molar-refractivity contribution < 1.29 is 17.9 Å². The molecule has 228 valence electrons. The van der Waals surface area contributed by atoms with Crippen molar-refractivity contribution >= 4 is 69.1 Å². The van der Waals surface area contributed by atoms with Gasteiger partial charge in [-0.2, -0.15) is 8.42 Å². The van der Waals surface area contributed by atoms with Crippen LogP contribution in [0.2, 0.25) is 0 Å². The van der Waals surface area contributed by atoms with Crippen LogP contribution < -0.4 is 20.5 Å². The molecular weight excluding hydrogens is 601 g/mol. The van der Waals surface area contributed by atoms with Crippen molar-refractivity contribution in [2.24, 2.45) is 11.5 Å². The van der Waals surface area contributed by atoms with Gasteiger partial charge in [0.15, 0.2) is 0 Å². The van der Waals surface area contributed by atoms with Gasteiger partial charge in [-0.3, -0.25) is 15.6 Å². The zero-order chi connectivity index (χ0) is 29.0. The molecule has 0 aromatic heterocycles. The second kappa shape index (κ2) is 14.5. The molecule has 0 spiro atoms. The van der Waals surface area contributed by atoms with E-state index in [1.807, 2.05) is 29.2 Å². The summed E-state index contributed by atoms with van der Waals surface area (Å²) >= 11 is 0. The Hall–Kier alpha value is -3.58. The predicted octanol–water partition coefficient (Wildman–Crippen LogP) is 3.48. The van der Waals surface area contributed by atoms with Crippen molar-refractivity contribution in [2.45, 2.75) is 32.4 Å². The first-order valence-electron chi connectivity index (χ1n) is 12.9. The second-order valence-electron chi connectivity index (χ2n) is 9.77. The van der Waals surface area contributed by atoms with E-state index >= 15 is 0 Å². The number of benzene rings is 3. The molecule has 6 N–H and O–H groups in total. The zero-order valence-corrected chi connectivity index (χ0v) is 25.9. The maximum atomic E-state index is 13.6. The molecule has 0 bridgehead atoms. The van der Waals surface area contributed by atoms with Crippen LogP contribution in [0.25, 0.3) is 10.8 Å². The topological polar surface area (TPSA) is 170 Å². The lowest BCUT2D eigenvalue weighted by molar-refractivity contribution is -0.124. The van der Waals surface area contributed by atoms with Crippen LogP contribution in [0.4, 0.5) is 5.69 Å². The van der Waals surface area contributed by atoms with Gasteiger partial charge < -0.3 is 21.1 Å². The van der Waals surface area contributed by atoms with Gasteiger partial charge in [0.2, 0.25) is 0 Å². The SMILES string of the molecule is CC(=N)N1CCC(Oc2ccc(N(Cc3ccc4ccc(C(=N)N)cc4c3)S(=O)(=O)N(C)C(=O)CN)cc2)CC1.Cl.Cl. The number of likely N-dealkylation sites (tertiary alicyclic amines) is 1. The molecule has 1 saturated heterocycles. The molecule has 1 amide bonds. The summed E-state index contributed by atoms with van der Waals surface area (Å²) in [6, 6.07) is 17.7. The fraction of sp³-hybridized carbons (Fsp3) is 0.321. The number of nitrogens with one attached hydrogen (secondary N) is 2. The van der Waals surface area contributed by atoms with Crippen molar-refractivity contribution in [1.29, 1.82) is 10.8 Å². The Kier molecular flexibility index (Phi) is 12.0. The Labute approximate surface area is 258 Å². The molecule has 3 aromatic rings. The Bertz CT molecular complexity index is 1530. The number of ether oxygens (including phenoxy) is 1. The molecule has 1 heterocycles. The number of carbonyl (C=O) groups excluding carboxylic acids is 1. The minimum Gasteiger partial charge on any atom is -0.490 e. The van der Waals surface area contributed by atoms with Gasteiger partial charge in [0.25, 0.3) is 5.91 Å². The van der Waals surface area contributed by atoms with E-state index in [1.165, 1.54) is 7.05 Å². The summed E-state index contributed by atoms with van der Waals surface area (Å²) in [5.41, 5.74) is 12.7. The fourth-order valence-electron chi connectivity index (χ4n) is 4.63. The second-order valence-corrected chi connectivity index (χ2v) is 11.7. The third-order valence-electron chi connectivity index (χ3n) is 7.04. The lowest BCUT2D eigenvalue weighted by Gasteiger charge is -2.33. The number of piperidine rings is 1. The molecule has 1 fully saturated rings. The average molecular weight is 639 g/mol. The van der Waals surface area contributed by atoms with Crippen LogP contribution in [0.3, 0.4) is 0 Å². The number of hydrogen-bond acceptors (Lipinski definition) is 7. The Balaban J connectivity index is 0.00000308. The molecule has 1 aliphatic heterocycles. The van der Waals surface area contributed by atoms with Gasteiger partial charge >= 0.3 is 10.2 Å². The van der Waals surface area contributed by atoms with Crippen molar-refractivity contribution in [3.05, 3.63) is 71.8 Å². The van der Waals surface area contributed by atoms with E-state index in [0.29, 0.717) is 32.7 Å². The molecule has 42 heavy (non-hydrogen) atoms. The summed E-state index contributed by atoms with van der Waals surface area (Å²) in [7, 11) is -3.08. The first-order valence-corrected chi connectivity index (χ1v) is 14.3. The minimum absolute atomic E-state index is 0. The number of fused-ring (bicyclic) bond motifs is 1. The molecule has 0 atom stereocenters. The highest BCUT2D eigenvalue weighted by atomic mass is 35.5. The minimum atomic E-state index is -4.28. The molecule has 4 rings (SSSR count). The third-order valence-corrected chi connectivity index (χ3v) is 8.83. The number of carbonyl (C=O) groups is 1. The van der Waals surface area contributed by atoms with E-state index in [9.17, 15) is 13.2 Å². The van der Waals surface area contributed by atoms with Gasteiger partial charge in [-0.15, -0.1) is 24.8 Å².